The van der Waals surface area contributed by atoms with Crippen LogP contribution in [0.1, 0.15) is 25.7 Å². The number of sulfone groups is 1. The maximum atomic E-state index is 12.7. The monoisotopic (exact) mass is 386 g/mol. The molecule has 2 saturated heterocycles. The van der Waals surface area contributed by atoms with E-state index in [4.69, 9.17) is 0 Å². The summed E-state index contributed by atoms with van der Waals surface area (Å²) in [6.07, 6.45) is 2.65. The Morgan fingerprint density at radius 2 is 1.84 bits per heavy atom. The van der Waals surface area contributed by atoms with Gasteiger partial charge in [0.2, 0.25) is 15.9 Å². The lowest BCUT2D eigenvalue weighted by Crippen LogP contribution is -2.38. The lowest BCUT2D eigenvalue weighted by atomic mass is 10.1. The Hall–Kier alpha value is -1.45. The van der Waals surface area contributed by atoms with E-state index in [0.717, 1.165) is 17.1 Å². The molecule has 0 saturated carbocycles. The minimum atomic E-state index is -3.77. The van der Waals surface area contributed by atoms with Crippen LogP contribution in [0.3, 0.4) is 0 Å². The number of amides is 1. The number of hydrogen-bond acceptors (Lipinski definition) is 5. The molecule has 0 N–H and O–H groups in total. The molecule has 1 amide bonds. The quantitative estimate of drug-likeness (QED) is 0.770. The van der Waals surface area contributed by atoms with Crippen molar-refractivity contribution in [3.8, 4) is 0 Å². The second kappa shape index (κ2) is 6.69. The first-order valence-corrected chi connectivity index (χ1v) is 11.6. The summed E-state index contributed by atoms with van der Waals surface area (Å²) in [7, 11) is -5.51. The zero-order valence-corrected chi connectivity index (χ0v) is 15.7. The van der Waals surface area contributed by atoms with E-state index in [9.17, 15) is 21.6 Å². The van der Waals surface area contributed by atoms with Gasteiger partial charge in [0.15, 0.2) is 9.84 Å². The van der Waals surface area contributed by atoms with Crippen molar-refractivity contribution in [1.82, 2.24) is 4.31 Å². The van der Waals surface area contributed by atoms with Crippen LogP contribution >= 0.6 is 0 Å². The predicted molar refractivity (Wildman–Crippen MR) is 94.7 cm³/mol. The van der Waals surface area contributed by atoms with Gasteiger partial charge in [-0.15, -0.1) is 0 Å². The van der Waals surface area contributed by atoms with Crippen LogP contribution in [0.4, 0.5) is 5.69 Å². The van der Waals surface area contributed by atoms with E-state index in [-0.39, 0.29) is 22.3 Å². The van der Waals surface area contributed by atoms with Crippen LogP contribution < -0.4 is 4.90 Å². The number of sulfonamides is 1. The van der Waals surface area contributed by atoms with Crippen LogP contribution in [-0.2, 0) is 24.7 Å². The minimum absolute atomic E-state index is 0.0214. The van der Waals surface area contributed by atoms with Crippen LogP contribution in [0.25, 0.3) is 0 Å². The Morgan fingerprint density at radius 3 is 2.40 bits per heavy atom. The predicted octanol–water partition coefficient (Wildman–Crippen LogP) is 1.01. The number of benzene rings is 1. The van der Waals surface area contributed by atoms with E-state index in [1.807, 2.05) is 0 Å². The van der Waals surface area contributed by atoms with Gasteiger partial charge < -0.3 is 4.90 Å². The molecule has 0 aliphatic carbocycles. The zero-order valence-electron chi connectivity index (χ0n) is 14.1. The summed E-state index contributed by atoms with van der Waals surface area (Å²) < 4.78 is 49.8. The van der Waals surface area contributed by atoms with Crippen molar-refractivity contribution >= 4 is 31.5 Å². The molecule has 2 aliphatic rings. The van der Waals surface area contributed by atoms with Crippen molar-refractivity contribution in [3.63, 3.8) is 0 Å². The van der Waals surface area contributed by atoms with Crippen LogP contribution in [0.5, 0.6) is 0 Å². The van der Waals surface area contributed by atoms with Gasteiger partial charge in [0, 0.05) is 31.7 Å². The number of rotatable bonds is 4. The van der Waals surface area contributed by atoms with E-state index in [1.165, 1.54) is 19.2 Å². The van der Waals surface area contributed by atoms with Gasteiger partial charge >= 0.3 is 0 Å². The summed E-state index contributed by atoms with van der Waals surface area (Å²) in [5.41, 5.74) is 0.690. The standard InChI is InChI=1S/C16H22N2O5S2/c1-17(14-9-11-24(20,21)12-14)25(22,23)15-7-5-13(6-8-15)18-10-3-2-4-16(18)19/h5-8,14H,2-4,9-12H2,1H3. The molecule has 3 rings (SSSR count). The van der Waals surface area contributed by atoms with Gasteiger partial charge in [-0.1, -0.05) is 0 Å². The molecule has 2 aliphatic heterocycles. The summed E-state index contributed by atoms with van der Waals surface area (Å²) >= 11 is 0. The van der Waals surface area contributed by atoms with Crippen molar-refractivity contribution in [2.75, 3.05) is 30.0 Å². The second-order valence-electron chi connectivity index (χ2n) is 6.57. The Bertz CT molecular complexity index is 862. The largest absolute Gasteiger partial charge is 0.312 e. The number of carbonyl (C=O) groups excluding carboxylic acids is 1. The summed E-state index contributed by atoms with van der Waals surface area (Å²) in [6, 6.07) is 5.70. The Morgan fingerprint density at radius 1 is 1.16 bits per heavy atom. The van der Waals surface area contributed by atoms with Crippen LogP contribution in [0.2, 0.25) is 0 Å². The van der Waals surface area contributed by atoms with Crippen molar-refractivity contribution in [3.05, 3.63) is 24.3 Å². The molecule has 2 fully saturated rings. The van der Waals surface area contributed by atoms with E-state index in [2.05, 4.69) is 0 Å². The maximum absolute atomic E-state index is 12.7. The molecule has 7 nitrogen and oxygen atoms in total. The van der Waals surface area contributed by atoms with Crippen molar-refractivity contribution in [2.24, 2.45) is 0 Å². The van der Waals surface area contributed by atoms with Gasteiger partial charge in [-0.2, -0.15) is 4.31 Å². The van der Waals surface area contributed by atoms with Crippen molar-refractivity contribution in [1.29, 1.82) is 0 Å². The molecule has 0 bridgehead atoms. The average molecular weight is 386 g/mol. The number of nitrogens with zero attached hydrogens (tertiary/aromatic N) is 2. The molecule has 2 heterocycles. The highest BCUT2D eigenvalue weighted by molar-refractivity contribution is 7.92. The molecular weight excluding hydrogens is 364 g/mol. The van der Waals surface area contributed by atoms with Crippen LogP contribution in [0, 0.1) is 0 Å². The highest BCUT2D eigenvalue weighted by atomic mass is 32.2. The topological polar surface area (TPSA) is 91.8 Å². The highest BCUT2D eigenvalue weighted by Gasteiger charge is 2.36. The van der Waals surface area contributed by atoms with Crippen LogP contribution in [0.15, 0.2) is 29.2 Å². The first kappa shape index (κ1) is 18.3. The lowest BCUT2D eigenvalue weighted by molar-refractivity contribution is -0.119. The first-order valence-electron chi connectivity index (χ1n) is 8.30. The SMILES string of the molecule is CN(C1CCS(=O)(=O)C1)S(=O)(=O)c1ccc(N2CCCCC2=O)cc1. The Balaban J connectivity index is 1.80. The summed E-state index contributed by atoms with van der Waals surface area (Å²) in [6.45, 7) is 0.644. The molecule has 0 aromatic heterocycles. The summed E-state index contributed by atoms with van der Waals surface area (Å²) in [4.78, 5) is 13.7. The molecule has 1 aromatic carbocycles. The molecule has 1 aromatic rings. The van der Waals surface area contributed by atoms with E-state index >= 15 is 0 Å². The van der Waals surface area contributed by atoms with Gasteiger partial charge in [0.05, 0.1) is 16.4 Å². The smallest absolute Gasteiger partial charge is 0.243 e. The molecular formula is C16H22N2O5S2. The maximum Gasteiger partial charge on any atom is 0.243 e. The third-order valence-electron chi connectivity index (χ3n) is 4.87. The summed E-state index contributed by atoms with van der Waals surface area (Å²) in [5.74, 6) is -0.0634. The van der Waals surface area contributed by atoms with Gasteiger partial charge in [0.25, 0.3) is 0 Å². The molecule has 1 unspecified atom stereocenters. The number of piperidine rings is 1. The molecule has 9 heteroatoms. The van der Waals surface area contributed by atoms with E-state index in [1.54, 1.807) is 17.0 Å². The highest BCUT2D eigenvalue weighted by Crippen LogP contribution is 2.26. The molecule has 1 atom stereocenters. The Kier molecular flexibility index (Phi) is 4.91. The van der Waals surface area contributed by atoms with E-state index in [0.29, 0.717) is 25.1 Å². The van der Waals surface area contributed by atoms with Gasteiger partial charge in [-0.3, -0.25) is 4.79 Å². The molecule has 138 valence electrons. The molecule has 0 radical (unpaired) electrons. The zero-order chi connectivity index (χ0) is 18.2. The third-order valence-corrected chi connectivity index (χ3v) is 8.55. The van der Waals surface area contributed by atoms with Crippen molar-refractivity contribution in [2.45, 2.75) is 36.6 Å². The lowest BCUT2D eigenvalue weighted by Gasteiger charge is -2.27. The van der Waals surface area contributed by atoms with Gasteiger partial charge in [-0.05, 0) is 43.5 Å². The van der Waals surface area contributed by atoms with Gasteiger partial charge in [-0.25, -0.2) is 16.8 Å². The number of anilines is 1. The molecule has 25 heavy (non-hydrogen) atoms. The fourth-order valence-corrected chi connectivity index (χ4v) is 6.56. The fourth-order valence-electron chi connectivity index (χ4n) is 3.30. The number of hydrogen-bond donors (Lipinski definition) is 0. The van der Waals surface area contributed by atoms with Crippen molar-refractivity contribution < 1.29 is 21.6 Å². The summed E-state index contributed by atoms with van der Waals surface area (Å²) in [5, 5.41) is 0. The second-order valence-corrected chi connectivity index (χ2v) is 10.8. The van der Waals surface area contributed by atoms with Crippen LogP contribution in [-0.4, -0.2) is 58.2 Å². The van der Waals surface area contributed by atoms with E-state index < -0.39 is 25.9 Å². The minimum Gasteiger partial charge on any atom is -0.312 e. The third kappa shape index (κ3) is 3.73. The number of carbonyl (C=O) groups is 1. The first-order chi connectivity index (χ1) is 11.7. The Labute approximate surface area is 148 Å². The average Bonchev–Trinajstić information content (AvgIpc) is 2.94. The fraction of sp³-hybridized carbons (Fsp3) is 0.562. The molecule has 0 spiro atoms. The normalized spacial score (nSPS) is 24.0. The van der Waals surface area contributed by atoms with Gasteiger partial charge in [0.1, 0.15) is 0 Å².